The van der Waals surface area contributed by atoms with Crippen LogP contribution < -0.4 is 10.1 Å². The minimum absolute atomic E-state index is 0.0977. The van der Waals surface area contributed by atoms with E-state index in [9.17, 15) is 4.79 Å². The molecule has 4 nitrogen and oxygen atoms in total. The second-order valence-corrected chi connectivity index (χ2v) is 12.2. The highest BCUT2D eigenvalue weighted by molar-refractivity contribution is 14.1. The second-order valence-electron chi connectivity index (χ2n) is 8.70. The van der Waals surface area contributed by atoms with Gasteiger partial charge in [0.25, 0.3) is 5.91 Å². The topological polar surface area (TPSA) is 50.7 Å². The Morgan fingerprint density at radius 1 is 1.11 bits per heavy atom. The molecule has 1 heterocycles. The van der Waals surface area contributed by atoms with Gasteiger partial charge in [-0.05, 0) is 117 Å². The number of rotatable bonds is 7. The lowest BCUT2D eigenvalue weighted by Gasteiger charge is -2.13. The maximum Gasteiger partial charge on any atom is 0.259 e. The van der Waals surface area contributed by atoms with Gasteiger partial charge < -0.3 is 10.1 Å². The molecule has 1 aliphatic rings. The Bertz CT molecular complexity index is 1430. The number of amides is 1. The van der Waals surface area contributed by atoms with Crippen molar-refractivity contribution in [3.8, 4) is 5.75 Å². The minimum atomic E-state index is -0.0977. The standard InChI is InChI=1S/C29H23BrClIN2O2S/c30-23-14-19(15-24(32)27(23)36-17-18-10-12-20(31)13-11-18)16-33-29-26(22-8-4-5-9-25(22)37-29)28(35)34-21-6-2-1-3-7-21/h1-3,6-7,10-16H,4-5,8-9,17H2,(H,34,35). The predicted molar refractivity (Wildman–Crippen MR) is 165 cm³/mol. The van der Waals surface area contributed by atoms with Crippen LogP contribution in [0.15, 0.2) is 76.2 Å². The molecule has 0 spiro atoms. The number of nitrogens with zero attached hydrogens (tertiary/aromatic N) is 1. The number of thiophene rings is 1. The van der Waals surface area contributed by atoms with E-state index in [1.807, 2.05) is 72.9 Å². The number of fused-ring (bicyclic) bond motifs is 1. The third kappa shape index (κ3) is 6.45. The quantitative estimate of drug-likeness (QED) is 0.154. The van der Waals surface area contributed by atoms with E-state index in [1.54, 1.807) is 11.3 Å². The summed E-state index contributed by atoms with van der Waals surface area (Å²) in [5.74, 6) is 0.682. The van der Waals surface area contributed by atoms with Gasteiger partial charge in [0.2, 0.25) is 0 Å². The number of ether oxygens (including phenoxy) is 1. The van der Waals surface area contributed by atoms with Crippen LogP contribution in [0.2, 0.25) is 5.02 Å². The van der Waals surface area contributed by atoms with E-state index in [1.165, 1.54) is 4.88 Å². The van der Waals surface area contributed by atoms with Gasteiger partial charge in [-0.1, -0.05) is 41.9 Å². The summed E-state index contributed by atoms with van der Waals surface area (Å²) in [6.45, 7) is 0.444. The van der Waals surface area contributed by atoms with E-state index in [-0.39, 0.29) is 5.91 Å². The molecule has 1 aromatic heterocycles. The zero-order chi connectivity index (χ0) is 25.8. The first kappa shape index (κ1) is 26.4. The fourth-order valence-electron chi connectivity index (χ4n) is 4.25. The number of nitrogens with one attached hydrogen (secondary N) is 1. The third-order valence-electron chi connectivity index (χ3n) is 6.06. The first-order valence-electron chi connectivity index (χ1n) is 11.9. The SMILES string of the molecule is O=C(Nc1ccccc1)c1c(N=Cc2cc(Br)c(OCc3ccc(Cl)cc3)c(I)c2)sc2c1CCCC2. The summed E-state index contributed by atoms with van der Waals surface area (Å²) in [7, 11) is 0. The summed E-state index contributed by atoms with van der Waals surface area (Å²) in [6, 6.07) is 21.2. The molecule has 5 rings (SSSR count). The summed E-state index contributed by atoms with van der Waals surface area (Å²) < 4.78 is 7.90. The molecule has 0 saturated heterocycles. The predicted octanol–water partition coefficient (Wildman–Crippen LogP) is 9.23. The summed E-state index contributed by atoms with van der Waals surface area (Å²) in [6.07, 6.45) is 6.00. The molecule has 1 aliphatic carbocycles. The number of anilines is 1. The largest absolute Gasteiger partial charge is 0.487 e. The van der Waals surface area contributed by atoms with Crippen LogP contribution in [0.5, 0.6) is 5.75 Å². The lowest BCUT2D eigenvalue weighted by molar-refractivity contribution is 0.102. The van der Waals surface area contributed by atoms with Gasteiger partial charge in [-0.3, -0.25) is 4.79 Å². The number of para-hydroxylation sites is 1. The van der Waals surface area contributed by atoms with Crippen LogP contribution in [0.3, 0.4) is 0 Å². The molecule has 0 fully saturated rings. The molecule has 3 aromatic carbocycles. The summed E-state index contributed by atoms with van der Waals surface area (Å²) >= 11 is 13.5. The highest BCUT2D eigenvalue weighted by Gasteiger charge is 2.25. The number of hydrogen-bond acceptors (Lipinski definition) is 4. The Morgan fingerprint density at radius 3 is 2.62 bits per heavy atom. The zero-order valence-electron chi connectivity index (χ0n) is 19.8. The van der Waals surface area contributed by atoms with Crippen LogP contribution in [-0.4, -0.2) is 12.1 Å². The first-order chi connectivity index (χ1) is 18.0. The molecule has 8 heteroatoms. The van der Waals surface area contributed by atoms with E-state index in [0.717, 1.165) is 66.9 Å². The smallest absolute Gasteiger partial charge is 0.259 e. The summed E-state index contributed by atoms with van der Waals surface area (Å²) in [4.78, 5) is 19.4. The molecule has 0 saturated carbocycles. The monoisotopic (exact) mass is 704 g/mol. The van der Waals surface area contributed by atoms with Gasteiger partial charge in [-0.25, -0.2) is 4.99 Å². The van der Waals surface area contributed by atoms with Crippen molar-refractivity contribution in [2.75, 3.05) is 5.32 Å². The lowest BCUT2D eigenvalue weighted by Crippen LogP contribution is -2.14. The maximum absolute atomic E-state index is 13.3. The second kappa shape index (κ2) is 12.1. The average Bonchev–Trinajstić information content (AvgIpc) is 3.27. The number of halogens is 3. The Hall–Kier alpha value is -2.20. The number of benzene rings is 3. The summed E-state index contributed by atoms with van der Waals surface area (Å²) in [5, 5.41) is 4.51. The Balaban J connectivity index is 1.38. The van der Waals surface area contributed by atoms with Gasteiger partial charge in [0.15, 0.2) is 0 Å². The summed E-state index contributed by atoms with van der Waals surface area (Å²) in [5.41, 5.74) is 4.61. The third-order valence-corrected chi connectivity index (χ3v) is 8.90. The van der Waals surface area contributed by atoms with E-state index in [2.05, 4.69) is 43.8 Å². The highest BCUT2D eigenvalue weighted by Crippen LogP contribution is 2.40. The molecule has 188 valence electrons. The van der Waals surface area contributed by atoms with Crippen LogP contribution in [0.25, 0.3) is 0 Å². The highest BCUT2D eigenvalue weighted by atomic mass is 127. The zero-order valence-corrected chi connectivity index (χ0v) is 25.1. The Morgan fingerprint density at radius 2 is 1.86 bits per heavy atom. The van der Waals surface area contributed by atoms with E-state index >= 15 is 0 Å². The van der Waals surface area contributed by atoms with Crippen molar-refractivity contribution in [2.24, 2.45) is 4.99 Å². The van der Waals surface area contributed by atoms with E-state index in [0.29, 0.717) is 17.2 Å². The van der Waals surface area contributed by atoms with Crippen molar-refractivity contribution in [1.82, 2.24) is 0 Å². The fourth-order valence-corrected chi connectivity index (χ4v) is 7.38. The number of aliphatic imine (C=N–C) groups is 1. The molecular formula is C29H23BrClIN2O2S. The van der Waals surface area contributed by atoms with Crippen LogP contribution in [0.4, 0.5) is 10.7 Å². The normalized spacial score (nSPS) is 12.9. The first-order valence-corrected chi connectivity index (χ1v) is 15.0. The molecular weight excluding hydrogens is 683 g/mol. The molecule has 0 unspecified atom stereocenters. The molecule has 4 aromatic rings. The molecule has 0 radical (unpaired) electrons. The van der Waals surface area contributed by atoms with Crippen molar-refractivity contribution in [1.29, 1.82) is 0 Å². The molecule has 0 atom stereocenters. The molecule has 1 amide bonds. The van der Waals surface area contributed by atoms with Crippen molar-refractivity contribution in [3.05, 3.63) is 107 Å². The van der Waals surface area contributed by atoms with Crippen LogP contribution >= 0.6 is 61.5 Å². The number of carbonyl (C=O) groups excluding carboxylic acids is 1. The fraction of sp³-hybridized carbons (Fsp3) is 0.172. The van der Waals surface area contributed by atoms with Gasteiger partial charge in [0.05, 0.1) is 13.6 Å². The van der Waals surface area contributed by atoms with Crippen molar-refractivity contribution < 1.29 is 9.53 Å². The van der Waals surface area contributed by atoms with Gasteiger partial charge in [-0.15, -0.1) is 11.3 Å². The molecule has 1 N–H and O–H groups in total. The van der Waals surface area contributed by atoms with E-state index in [4.69, 9.17) is 21.3 Å². The van der Waals surface area contributed by atoms with Gasteiger partial charge in [-0.2, -0.15) is 0 Å². The lowest BCUT2D eigenvalue weighted by atomic mass is 9.95. The van der Waals surface area contributed by atoms with E-state index < -0.39 is 0 Å². The van der Waals surface area contributed by atoms with Gasteiger partial charge in [0, 0.05) is 21.8 Å². The average molecular weight is 706 g/mol. The van der Waals surface area contributed by atoms with Crippen LogP contribution in [0.1, 0.15) is 44.8 Å². The number of carbonyl (C=O) groups is 1. The number of hydrogen-bond donors (Lipinski definition) is 1. The molecule has 0 bridgehead atoms. The maximum atomic E-state index is 13.3. The Kier molecular flexibility index (Phi) is 8.64. The molecule has 0 aliphatic heterocycles. The van der Waals surface area contributed by atoms with Crippen LogP contribution in [-0.2, 0) is 19.4 Å². The van der Waals surface area contributed by atoms with Crippen LogP contribution in [0, 0.1) is 3.57 Å². The van der Waals surface area contributed by atoms with Crippen molar-refractivity contribution in [3.63, 3.8) is 0 Å². The Labute approximate surface area is 247 Å². The minimum Gasteiger partial charge on any atom is -0.487 e. The van der Waals surface area contributed by atoms with Gasteiger partial charge >= 0.3 is 0 Å². The van der Waals surface area contributed by atoms with Crippen molar-refractivity contribution in [2.45, 2.75) is 32.3 Å². The molecule has 37 heavy (non-hydrogen) atoms. The number of aryl methyl sites for hydroxylation is 1. The van der Waals surface area contributed by atoms with Crippen molar-refractivity contribution >= 4 is 84.3 Å². The van der Waals surface area contributed by atoms with Gasteiger partial charge in [0.1, 0.15) is 17.4 Å².